The Kier molecular flexibility index (Phi) is 4.92. The molecule has 0 N–H and O–H groups in total. The molecule has 1 atom stereocenters. The normalized spacial score (nSPS) is 18.0. The van der Waals surface area contributed by atoms with Crippen LogP contribution >= 0.6 is 0 Å². The lowest BCUT2D eigenvalue weighted by atomic mass is 9.91. The molecule has 1 unspecified atom stereocenters. The molecule has 1 saturated heterocycles. The van der Waals surface area contributed by atoms with Gasteiger partial charge in [0.25, 0.3) is 5.91 Å². The average molecular weight is 334 g/mol. The lowest BCUT2D eigenvalue weighted by molar-refractivity contribution is 0.0657. The monoisotopic (exact) mass is 334 g/mol. The van der Waals surface area contributed by atoms with E-state index in [2.05, 4.69) is 5.16 Å². The number of aryl methyl sites for hydroxylation is 1. The zero-order valence-electron chi connectivity index (χ0n) is 13.6. The fourth-order valence-corrected chi connectivity index (χ4v) is 3.23. The van der Waals surface area contributed by atoms with E-state index in [9.17, 15) is 13.6 Å². The van der Waals surface area contributed by atoms with Crippen LogP contribution in [0.2, 0.25) is 0 Å². The van der Waals surface area contributed by atoms with Crippen LogP contribution in [0.1, 0.15) is 41.1 Å². The van der Waals surface area contributed by atoms with Crippen molar-refractivity contribution in [2.24, 2.45) is 5.92 Å². The minimum Gasteiger partial charge on any atom is -0.361 e. The molecule has 1 aromatic heterocycles. The largest absolute Gasteiger partial charge is 0.361 e. The van der Waals surface area contributed by atoms with E-state index in [1.54, 1.807) is 17.9 Å². The minimum atomic E-state index is -0.503. The number of rotatable bonds is 4. The molecule has 2 aromatic rings. The van der Waals surface area contributed by atoms with E-state index in [0.717, 1.165) is 12.8 Å². The van der Waals surface area contributed by atoms with Crippen LogP contribution in [0.25, 0.3) is 0 Å². The van der Waals surface area contributed by atoms with Gasteiger partial charge in [-0.3, -0.25) is 4.79 Å². The highest BCUT2D eigenvalue weighted by atomic mass is 19.1. The summed E-state index contributed by atoms with van der Waals surface area (Å²) >= 11 is 0. The van der Waals surface area contributed by atoms with Gasteiger partial charge in [-0.1, -0.05) is 11.2 Å². The predicted molar refractivity (Wildman–Crippen MR) is 84.5 cm³/mol. The Hall–Kier alpha value is -2.24. The Balaban J connectivity index is 1.60. The van der Waals surface area contributed by atoms with Crippen molar-refractivity contribution < 1.29 is 18.1 Å². The molecule has 1 amide bonds. The summed E-state index contributed by atoms with van der Waals surface area (Å²) in [5, 5.41) is 3.77. The summed E-state index contributed by atoms with van der Waals surface area (Å²) in [4.78, 5) is 14.2. The highest BCUT2D eigenvalue weighted by molar-refractivity contribution is 5.92. The van der Waals surface area contributed by atoms with E-state index in [1.165, 1.54) is 18.2 Å². The summed E-state index contributed by atoms with van der Waals surface area (Å²) in [6.07, 6.45) is 2.83. The van der Waals surface area contributed by atoms with E-state index >= 15 is 0 Å². The summed E-state index contributed by atoms with van der Waals surface area (Å²) in [6.45, 7) is 3.00. The van der Waals surface area contributed by atoms with Crippen LogP contribution < -0.4 is 0 Å². The van der Waals surface area contributed by atoms with Crippen molar-refractivity contribution in [3.05, 3.63) is 52.9 Å². The Bertz CT molecular complexity index is 709. The topological polar surface area (TPSA) is 46.3 Å². The highest BCUT2D eigenvalue weighted by Gasteiger charge is 2.26. The number of amides is 1. The number of carbonyl (C=O) groups is 1. The fourth-order valence-electron chi connectivity index (χ4n) is 3.23. The number of halogens is 2. The Morgan fingerprint density at radius 3 is 2.79 bits per heavy atom. The second kappa shape index (κ2) is 7.11. The summed E-state index contributed by atoms with van der Waals surface area (Å²) < 4.78 is 32.4. The zero-order valence-corrected chi connectivity index (χ0v) is 13.6. The zero-order chi connectivity index (χ0) is 17.1. The summed E-state index contributed by atoms with van der Waals surface area (Å²) in [6, 6.07) is 5.56. The van der Waals surface area contributed by atoms with Gasteiger partial charge in [-0.25, -0.2) is 8.78 Å². The molecule has 0 bridgehead atoms. The molecule has 24 heavy (non-hydrogen) atoms. The van der Waals surface area contributed by atoms with E-state index < -0.39 is 11.6 Å². The first kappa shape index (κ1) is 16.6. The van der Waals surface area contributed by atoms with Gasteiger partial charge in [0.15, 0.2) is 5.69 Å². The van der Waals surface area contributed by atoms with Gasteiger partial charge < -0.3 is 9.42 Å². The van der Waals surface area contributed by atoms with Crippen LogP contribution in [0, 0.1) is 24.5 Å². The third-order valence-corrected chi connectivity index (χ3v) is 4.52. The maximum atomic E-state index is 13.7. The Labute approximate surface area is 139 Å². The van der Waals surface area contributed by atoms with Crippen molar-refractivity contribution in [1.82, 2.24) is 10.1 Å². The van der Waals surface area contributed by atoms with Crippen molar-refractivity contribution in [2.75, 3.05) is 13.1 Å². The molecule has 1 fully saturated rings. The van der Waals surface area contributed by atoms with Crippen LogP contribution in [0.5, 0.6) is 0 Å². The van der Waals surface area contributed by atoms with Crippen LogP contribution in [0.3, 0.4) is 0 Å². The molecule has 0 spiro atoms. The lowest BCUT2D eigenvalue weighted by Gasteiger charge is -2.32. The quantitative estimate of drug-likeness (QED) is 0.855. The number of piperidine rings is 1. The molecule has 1 aliphatic rings. The second-order valence-corrected chi connectivity index (χ2v) is 6.32. The fraction of sp³-hybridized carbons (Fsp3) is 0.444. The third-order valence-electron chi connectivity index (χ3n) is 4.52. The first-order valence-corrected chi connectivity index (χ1v) is 8.20. The molecule has 0 radical (unpaired) electrons. The van der Waals surface area contributed by atoms with Gasteiger partial charge in [0.1, 0.15) is 17.4 Å². The minimum absolute atomic E-state index is 0.132. The molecule has 4 nitrogen and oxygen atoms in total. The summed E-state index contributed by atoms with van der Waals surface area (Å²) in [7, 11) is 0. The molecule has 2 heterocycles. The number of hydrogen-bond acceptors (Lipinski definition) is 3. The highest BCUT2D eigenvalue weighted by Crippen LogP contribution is 2.24. The smallest absolute Gasteiger partial charge is 0.276 e. The predicted octanol–water partition coefficient (Wildman–Crippen LogP) is 3.75. The molecule has 128 valence electrons. The number of aromatic nitrogens is 1. The van der Waals surface area contributed by atoms with Crippen molar-refractivity contribution >= 4 is 5.91 Å². The lowest BCUT2D eigenvalue weighted by Crippen LogP contribution is -2.40. The first-order valence-electron chi connectivity index (χ1n) is 8.20. The van der Waals surface area contributed by atoms with Gasteiger partial charge in [-0.15, -0.1) is 0 Å². The SMILES string of the molecule is Cc1cc(C(=O)N2CCCC(CCc3c(F)cccc3F)C2)no1. The van der Waals surface area contributed by atoms with Gasteiger partial charge in [0, 0.05) is 24.7 Å². The molecule has 3 rings (SSSR count). The van der Waals surface area contributed by atoms with Crippen LogP contribution in [0.15, 0.2) is 28.8 Å². The van der Waals surface area contributed by atoms with Gasteiger partial charge >= 0.3 is 0 Å². The molecule has 1 aliphatic heterocycles. The molecule has 0 saturated carbocycles. The first-order chi connectivity index (χ1) is 11.5. The number of likely N-dealkylation sites (tertiary alicyclic amines) is 1. The molecule has 1 aromatic carbocycles. The molecular weight excluding hydrogens is 314 g/mol. The summed E-state index contributed by atoms with van der Waals surface area (Å²) in [5.41, 5.74) is 0.446. The van der Waals surface area contributed by atoms with Crippen molar-refractivity contribution in [3.8, 4) is 0 Å². The standard InChI is InChI=1S/C18H20F2N2O2/c1-12-10-17(21-24-12)18(23)22-9-3-4-13(11-22)7-8-14-15(19)5-2-6-16(14)20/h2,5-6,10,13H,3-4,7-9,11H2,1H3. The van der Waals surface area contributed by atoms with Gasteiger partial charge in [0.2, 0.25) is 0 Å². The maximum Gasteiger partial charge on any atom is 0.276 e. The van der Waals surface area contributed by atoms with Crippen molar-refractivity contribution in [2.45, 2.75) is 32.6 Å². The number of hydrogen-bond donors (Lipinski definition) is 0. The maximum absolute atomic E-state index is 13.7. The molecular formula is C18H20F2N2O2. The van der Waals surface area contributed by atoms with Gasteiger partial charge in [-0.2, -0.15) is 0 Å². The van der Waals surface area contributed by atoms with Crippen LogP contribution in [-0.4, -0.2) is 29.1 Å². The van der Waals surface area contributed by atoms with Gasteiger partial charge in [-0.05, 0) is 50.7 Å². The Morgan fingerprint density at radius 2 is 2.12 bits per heavy atom. The number of benzene rings is 1. The number of carbonyl (C=O) groups excluding carboxylic acids is 1. The Morgan fingerprint density at radius 1 is 1.38 bits per heavy atom. The van der Waals surface area contributed by atoms with E-state index in [4.69, 9.17) is 4.52 Å². The third kappa shape index (κ3) is 3.63. The summed E-state index contributed by atoms with van der Waals surface area (Å²) in [5.74, 6) is -0.320. The number of nitrogens with zero attached hydrogens (tertiary/aromatic N) is 2. The van der Waals surface area contributed by atoms with Crippen molar-refractivity contribution in [1.29, 1.82) is 0 Å². The van der Waals surface area contributed by atoms with E-state index in [1.807, 2.05) is 0 Å². The van der Waals surface area contributed by atoms with Crippen molar-refractivity contribution in [3.63, 3.8) is 0 Å². The van der Waals surface area contributed by atoms with E-state index in [-0.39, 0.29) is 17.4 Å². The van der Waals surface area contributed by atoms with E-state index in [0.29, 0.717) is 37.4 Å². The second-order valence-electron chi connectivity index (χ2n) is 6.32. The average Bonchev–Trinajstić information content (AvgIpc) is 3.00. The van der Waals surface area contributed by atoms with Crippen LogP contribution in [-0.2, 0) is 6.42 Å². The van der Waals surface area contributed by atoms with Gasteiger partial charge in [0.05, 0.1) is 0 Å². The molecule has 6 heteroatoms. The van der Waals surface area contributed by atoms with Crippen LogP contribution in [0.4, 0.5) is 8.78 Å². The molecule has 0 aliphatic carbocycles.